The Morgan fingerprint density at radius 3 is 2.53 bits per heavy atom. The Labute approximate surface area is 118 Å². The molecule has 1 aromatic heterocycles. The van der Waals surface area contributed by atoms with Crippen molar-refractivity contribution in [3.8, 4) is 0 Å². The number of benzene rings is 2. The van der Waals surface area contributed by atoms with E-state index in [0.717, 1.165) is 20.9 Å². The molecule has 2 aromatic carbocycles. The quantitative estimate of drug-likeness (QED) is 0.732. The lowest BCUT2D eigenvalue weighted by atomic mass is 10.1. The second-order valence-electron chi connectivity index (χ2n) is 4.18. The van der Waals surface area contributed by atoms with Gasteiger partial charge in [0.1, 0.15) is 5.69 Å². The zero-order valence-corrected chi connectivity index (χ0v) is 11.6. The molecule has 0 spiro atoms. The van der Waals surface area contributed by atoms with Crippen LogP contribution in [0.4, 0.5) is 5.69 Å². The van der Waals surface area contributed by atoms with E-state index >= 15 is 0 Å². The first-order valence-corrected chi connectivity index (χ1v) is 6.67. The van der Waals surface area contributed by atoms with Crippen molar-refractivity contribution in [2.45, 2.75) is 0 Å². The molecule has 19 heavy (non-hydrogen) atoms. The number of halogens is 1. The molecule has 0 atom stereocenters. The monoisotopic (exact) mass is 314 g/mol. The molecule has 0 saturated heterocycles. The van der Waals surface area contributed by atoms with Crippen LogP contribution in [-0.2, 0) is 0 Å². The lowest BCUT2D eigenvalue weighted by Crippen LogP contribution is -2.12. The van der Waals surface area contributed by atoms with Gasteiger partial charge in [-0.3, -0.25) is 4.79 Å². The number of nitrogens with one attached hydrogen (secondary N) is 2. The fraction of sp³-hybridized carbons (Fsp3) is 0. The van der Waals surface area contributed by atoms with Gasteiger partial charge < -0.3 is 10.3 Å². The summed E-state index contributed by atoms with van der Waals surface area (Å²) in [6, 6.07) is 15.3. The van der Waals surface area contributed by atoms with Crippen LogP contribution < -0.4 is 5.32 Å². The molecule has 94 valence electrons. The van der Waals surface area contributed by atoms with E-state index in [0.29, 0.717) is 5.69 Å². The number of rotatable bonds is 2. The van der Waals surface area contributed by atoms with Gasteiger partial charge in [-0.1, -0.05) is 40.2 Å². The number of anilines is 1. The Kier molecular flexibility index (Phi) is 3.09. The third-order valence-electron chi connectivity index (χ3n) is 2.96. The molecule has 0 radical (unpaired) electrons. The van der Waals surface area contributed by atoms with Gasteiger partial charge in [0.25, 0.3) is 5.91 Å². The molecule has 3 rings (SSSR count). The standard InChI is InChI=1S/C15H11BrN2O/c16-12-7-8-13(11-5-2-1-4-10(11)12)18-15(19)14-6-3-9-17-14/h1-9,17H,(H,18,19). The number of hydrogen-bond acceptors (Lipinski definition) is 1. The second-order valence-corrected chi connectivity index (χ2v) is 5.03. The fourth-order valence-electron chi connectivity index (χ4n) is 2.03. The summed E-state index contributed by atoms with van der Waals surface area (Å²) < 4.78 is 1.01. The lowest BCUT2D eigenvalue weighted by Gasteiger charge is -2.09. The molecular weight excluding hydrogens is 304 g/mol. The van der Waals surface area contributed by atoms with Crippen LogP contribution in [0.2, 0.25) is 0 Å². The van der Waals surface area contributed by atoms with Gasteiger partial charge in [-0.15, -0.1) is 0 Å². The van der Waals surface area contributed by atoms with Gasteiger partial charge in [-0.25, -0.2) is 0 Å². The smallest absolute Gasteiger partial charge is 0.272 e. The highest BCUT2D eigenvalue weighted by Crippen LogP contribution is 2.30. The summed E-state index contributed by atoms with van der Waals surface area (Å²) >= 11 is 3.52. The molecule has 0 bridgehead atoms. The first-order valence-electron chi connectivity index (χ1n) is 5.88. The van der Waals surface area contributed by atoms with E-state index in [4.69, 9.17) is 0 Å². The minimum Gasteiger partial charge on any atom is -0.357 e. The van der Waals surface area contributed by atoms with Crippen molar-refractivity contribution in [3.05, 3.63) is 64.9 Å². The molecule has 3 nitrogen and oxygen atoms in total. The van der Waals surface area contributed by atoms with E-state index in [1.165, 1.54) is 0 Å². The van der Waals surface area contributed by atoms with E-state index in [2.05, 4.69) is 26.2 Å². The molecule has 2 N–H and O–H groups in total. The van der Waals surface area contributed by atoms with Gasteiger partial charge in [-0.2, -0.15) is 0 Å². The van der Waals surface area contributed by atoms with Gasteiger partial charge in [0.05, 0.1) is 0 Å². The Morgan fingerprint density at radius 2 is 1.79 bits per heavy atom. The van der Waals surface area contributed by atoms with Crippen LogP contribution in [0.15, 0.2) is 59.2 Å². The van der Waals surface area contributed by atoms with Crippen molar-refractivity contribution in [2.75, 3.05) is 5.32 Å². The highest BCUT2D eigenvalue weighted by molar-refractivity contribution is 9.10. The Hall–Kier alpha value is -2.07. The van der Waals surface area contributed by atoms with Crippen molar-refractivity contribution < 1.29 is 4.79 Å². The van der Waals surface area contributed by atoms with Crippen molar-refractivity contribution in [2.24, 2.45) is 0 Å². The van der Waals surface area contributed by atoms with Crippen LogP contribution in [0.5, 0.6) is 0 Å². The average molecular weight is 315 g/mol. The average Bonchev–Trinajstić information content (AvgIpc) is 2.96. The predicted octanol–water partition coefficient (Wildman–Crippen LogP) is 4.18. The van der Waals surface area contributed by atoms with Crippen molar-refractivity contribution in [3.63, 3.8) is 0 Å². The number of H-pyrrole nitrogens is 1. The first kappa shape index (κ1) is 12.0. The van der Waals surface area contributed by atoms with E-state index in [1.807, 2.05) is 36.4 Å². The zero-order chi connectivity index (χ0) is 13.2. The van der Waals surface area contributed by atoms with Crippen molar-refractivity contribution in [1.29, 1.82) is 0 Å². The minimum atomic E-state index is -0.141. The van der Waals surface area contributed by atoms with Crippen molar-refractivity contribution in [1.82, 2.24) is 4.98 Å². The third-order valence-corrected chi connectivity index (χ3v) is 3.65. The summed E-state index contributed by atoms with van der Waals surface area (Å²) in [4.78, 5) is 14.9. The van der Waals surface area contributed by atoms with E-state index in [1.54, 1.807) is 18.3 Å². The summed E-state index contributed by atoms with van der Waals surface area (Å²) in [7, 11) is 0. The summed E-state index contributed by atoms with van der Waals surface area (Å²) in [5.41, 5.74) is 1.35. The maximum Gasteiger partial charge on any atom is 0.272 e. The molecular formula is C15H11BrN2O. The maximum atomic E-state index is 12.0. The summed E-state index contributed by atoms with van der Waals surface area (Å²) in [6.45, 7) is 0. The molecule has 0 aliphatic heterocycles. The summed E-state index contributed by atoms with van der Waals surface area (Å²) in [6.07, 6.45) is 1.73. The normalized spacial score (nSPS) is 10.6. The Balaban J connectivity index is 2.02. The molecule has 0 saturated carbocycles. The van der Waals surface area contributed by atoms with Crippen LogP contribution in [0.3, 0.4) is 0 Å². The maximum absolute atomic E-state index is 12.0. The number of aromatic nitrogens is 1. The topological polar surface area (TPSA) is 44.9 Å². The van der Waals surface area contributed by atoms with Gasteiger partial charge in [0.15, 0.2) is 0 Å². The number of aromatic amines is 1. The number of carbonyl (C=O) groups excluding carboxylic acids is 1. The fourth-order valence-corrected chi connectivity index (χ4v) is 2.51. The van der Waals surface area contributed by atoms with Gasteiger partial charge in [-0.05, 0) is 29.7 Å². The number of hydrogen-bond donors (Lipinski definition) is 2. The van der Waals surface area contributed by atoms with E-state index in [9.17, 15) is 4.79 Å². The van der Waals surface area contributed by atoms with Crippen LogP contribution in [-0.4, -0.2) is 10.9 Å². The molecule has 1 amide bonds. The number of fused-ring (bicyclic) bond motifs is 1. The largest absolute Gasteiger partial charge is 0.357 e. The van der Waals surface area contributed by atoms with Gasteiger partial charge in [0.2, 0.25) is 0 Å². The number of amides is 1. The number of carbonyl (C=O) groups is 1. The Bertz CT molecular complexity index is 735. The van der Waals surface area contributed by atoms with Crippen molar-refractivity contribution >= 4 is 38.3 Å². The predicted molar refractivity (Wildman–Crippen MR) is 80.4 cm³/mol. The first-order chi connectivity index (χ1) is 9.25. The van der Waals surface area contributed by atoms with E-state index in [-0.39, 0.29) is 5.91 Å². The van der Waals surface area contributed by atoms with E-state index < -0.39 is 0 Å². The third kappa shape index (κ3) is 2.27. The molecule has 4 heteroatoms. The highest BCUT2D eigenvalue weighted by Gasteiger charge is 2.09. The Morgan fingerprint density at radius 1 is 1.00 bits per heavy atom. The zero-order valence-electron chi connectivity index (χ0n) is 9.98. The minimum absolute atomic E-state index is 0.141. The SMILES string of the molecule is O=C(Nc1ccc(Br)c2ccccc12)c1ccc[nH]1. The molecule has 0 unspecified atom stereocenters. The highest BCUT2D eigenvalue weighted by atomic mass is 79.9. The molecule has 3 aromatic rings. The molecule has 0 aliphatic rings. The van der Waals surface area contributed by atoms with Gasteiger partial charge in [0, 0.05) is 21.7 Å². The van der Waals surface area contributed by atoms with Crippen LogP contribution in [0, 0.1) is 0 Å². The van der Waals surface area contributed by atoms with Crippen LogP contribution >= 0.6 is 15.9 Å². The summed E-state index contributed by atoms with van der Waals surface area (Å²) in [5, 5.41) is 5.01. The van der Waals surface area contributed by atoms with Crippen LogP contribution in [0.25, 0.3) is 10.8 Å². The summed E-state index contributed by atoms with van der Waals surface area (Å²) in [5.74, 6) is -0.141. The van der Waals surface area contributed by atoms with Crippen LogP contribution in [0.1, 0.15) is 10.5 Å². The lowest BCUT2D eigenvalue weighted by molar-refractivity contribution is 0.102. The van der Waals surface area contributed by atoms with Gasteiger partial charge >= 0.3 is 0 Å². The molecule has 0 aliphatic carbocycles. The molecule has 0 fully saturated rings. The molecule has 1 heterocycles. The second kappa shape index (κ2) is 4.90.